The van der Waals surface area contributed by atoms with Crippen molar-refractivity contribution >= 4 is 40.7 Å². The minimum Gasteiger partial charge on any atom is -0.494 e. The third-order valence-electron chi connectivity index (χ3n) is 4.92. The Balaban J connectivity index is 0.00000363. The third kappa shape index (κ3) is 7.95. The van der Waals surface area contributed by atoms with Gasteiger partial charge in [-0.3, -0.25) is 4.21 Å². The van der Waals surface area contributed by atoms with Crippen LogP contribution in [0, 0.1) is 0 Å². The molecule has 2 aromatic rings. The highest BCUT2D eigenvalue weighted by Crippen LogP contribution is 2.35. The zero-order chi connectivity index (χ0) is 22.1. The van der Waals surface area contributed by atoms with Crippen molar-refractivity contribution in [3.8, 4) is 11.5 Å². The largest absolute Gasteiger partial charge is 0.494 e. The predicted octanol–water partition coefficient (Wildman–Crippen LogP) is 4.03. The molecule has 32 heavy (non-hydrogen) atoms. The molecule has 0 saturated heterocycles. The van der Waals surface area contributed by atoms with E-state index >= 15 is 0 Å². The van der Waals surface area contributed by atoms with Crippen molar-refractivity contribution in [3.63, 3.8) is 0 Å². The summed E-state index contributed by atoms with van der Waals surface area (Å²) in [4.78, 5) is 4.71. The number of rotatable bonds is 10. The van der Waals surface area contributed by atoms with Crippen molar-refractivity contribution in [1.82, 2.24) is 10.6 Å². The van der Waals surface area contributed by atoms with Crippen molar-refractivity contribution in [1.29, 1.82) is 0 Å². The molecule has 0 fully saturated rings. The minimum atomic E-state index is -0.923. The van der Waals surface area contributed by atoms with Gasteiger partial charge in [-0.2, -0.15) is 0 Å². The number of halogens is 1. The van der Waals surface area contributed by atoms with Crippen LogP contribution in [-0.2, 0) is 29.5 Å². The van der Waals surface area contributed by atoms with E-state index in [9.17, 15) is 4.21 Å². The Kier molecular flexibility index (Phi) is 11.3. The second-order valence-electron chi connectivity index (χ2n) is 7.53. The molecular weight excluding hydrogens is 537 g/mol. The molecular formula is C24H34IN3O3S. The van der Waals surface area contributed by atoms with E-state index in [1.165, 1.54) is 5.56 Å². The minimum absolute atomic E-state index is 0. The number of nitrogens with zero attached hydrogens (tertiary/aromatic N) is 1. The smallest absolute Gasteiger partial charge is 0.191 e. The fourth-order valence-corrected chi connectivity index (χ4v) is 4.55. The third-order valence-corrected chi connectivity index (χ3v) is 6.24. The van der Waals surface area contributed by atoms with E-state index in [4.69, 9.17) is 14.5 Å². The van der Waals surface area contributed by atoms with Gasteiger partial charge in [0.15, 0.2) is 5.96 Å². The highest BCUT2D eigenvalue weighted by Gasteiger charge is 2.21. The summed E-state index contributed by atoms with van der Waals surface area (Å²) in [6.07, 6.45) is 1.10. The molecule has 2 unspecified atom stereocenters. The predicted molar refractivity (Wildman–Crippen MR) is 143 cm³/mol. The normalized spacial score (nSPS) is 15.8. The first-order valence-electron chi connectivity index (χ1n) is 10.9. The van der Waals surface area contributed by atoms with Crippen molar-refractivity contribution in [3.05, 3.63) is 59.2 Å². The summed E-state index contributed by atoms with van der Waals surface area (Å²) in [6, 6.07) is 14.1. The lowest BCUT2D eigenvalue weighted by Crippen LogP contribution is -2.39. The van der Waals surface area contributed by atoms with Gasteiger partial charge < -0.3 is 20.1 Å². The first-order valence-corrected chi connectivity index (χ1v) is 12.4. The maximum absolute atomic E-state index is 12.4. The highest BCUT2D eigenvalue weighted by molar-refractivity contribution is 14.0. The maximum atomic E-state index is 12.4. The van der Waals surface area contributed by atoms with Gasteiger partial charge >= 0.3 is 0 Å². The average Bonchev–Trinajstić information content (AvgIpc) is 3.11. The van der Waals surface area contributed by atoms with Gasteiger partial charge in [-0.15, -0.1) is 24.0 Å². The average molecular weight is 572 g/mol. The summed E-state index contributed by atoms with van der Waals surface area (Å²) < 4.78 is 24.1. The molecule has 0 aliphatic carbocycles. The molecule has 2 atom stereocenters. The van der Waals surface area contributed by atoms with Crippen LogP contribution < -0.4 is 20.1 Å². The lowest BCUT2D eigenvalue weighted by molar-refractivity contribution is 0.254. The fourth-order valence-electron chi connectivity index (χ4n) is 3.52. The van der Waals surface area contributed by atoms with Gasteiger partial charge in [0.05, 0.1) is 13.2 Å². The molecule has 0 amide bonds. The van der Waals surface area contributed by atoms with E-state index in [0.29, 0.717) is 37.2 Å². The number of aliphatic imine (C=N–C) groups is 1. The molecule has 0 radical (unpaired) electrons. The number of benzene rings is 2. The standard InChI is InChI=1S/C24H33N3O3S.HI/c1-4-25-24(26-11-12-31(28)17-19-9-7-6-8-10-19)27-16-21-15-23-20(13-18(3)30-23)14-22(21)29-5-2;/h6-10,14-15,18H,4-5,11-13,16-17H2,1-3H3,(H2,25,26,27);1H. The Morgan fingerprint density at radius 2 is 2.00 bits per heavy atom. The molecule has 2 aromatic carbocycles. The van der Waals surface area contributed by atoms with Gasteiger partial charge in [0.1, 0.15) is 17.6 Å². The molecule has 6 nitrogen and oxygen atoms in total. The molecule has 0 aromatic heterocycles. The summed E-state index contributed by atoms with van der Waals surface area (Å²) in [7, 11) is -0.923. The van der Waals surface area contributed by atoms with E-state index in [-0.39, 0.29) is 30.1 Å². The molecule has 0 saturated carbocycles. The molecule has 1 aliphatic heterocycles. The molecule has 8 heteroatoms. The van der Waals surface area contributed by atoms with Crippen LogP contribution in [0.25, 0.3) is 0 Å². The summed E-state index contributed by atoms with van der Waals surface area (Å²) in [6.45, 7) is 8.52. The Labute approximate surface area is 211 Å². The summed E-state index contributed by atoms with van der Waals surface area (Å²) in [5, 5.41) is 6.55. The SMILES string of the molecule is CCNC(=NCc1cc2c(cc1OCC)CC(C)O2)NCCS(=O)Cc1ccccc1.I. The van der Waals surface area contributed by atoms with Crippen LogP contribution in [0.5, 0.6) is 11.5 Å². The van der Waals surface area contributed by atoms with Crippen molar-refractivity contribution in [2.24, 2.45) is 4.99 Å². The number of hydrogen-bond donors (Lipinski definition) is 2. The Morgan fingerprint density at radius 3 is 2.72 bits per heavy atom. The second-order valence-corrected chi connectivity index (χ2v) is 9.11. The lowest BCUT2D eigenvalue weighted by atomic mass is 10.1. The van der Waals surface area contributed by atoms with Crippen LogP contribution in [0.1, 0.15) is 37.5 Å². The molecule has 2 N–H and O–H groups in total. The van der Waals surface area contributed by atoms with Crippen molar-refractivity contribution in [2.75, 3.05) is 25.4 Å². The Morgan fingerprint density at radius 1 is 1.22 bits per heavy atom. The van der Waals surface area contributed by atoms with Crippen molar-refractivity contribution in [2.45, 2.75) is 45.6 Å². The van der Waals surface area contributed by atoms with Crippen LogP contribution in [0.15, 0.2) is 47.5 Å². The Hall–Kier alpha value is -1.81. The van der Waals surface area contributed by atoms with Crippen LogP contribution >= 0.6 is 24.0 Å². The van der Waals surface area contributed by atoms with Gasteiger partial charge in [0.25, 0.3) is 0 Å². The number of ether oxygens (including phenoxy) is 2. The molecule has 0 spiro atoms. The molecule has 3 rings (SSSR count). The van der Waals surface area contributed by atoms with E-state index in [2.05, 4.69) is 23.6 Å². The number of hydrogen-bond acceptors (Lipinski definition) is 4. The highest BCUT2D eigenvalue weighted by atomic mass is 127. The molecule has 1 aliphatic rings. The van der Waals surface area contributed by atoms with Gasteiger partial charge in [0.2, 0.25) is 0 Å². The molecule has 0 bridgehead atoms. The quantitative estimate of drug-likeness (QED) is 0.256. The van der Waals surface area contributed by atoms with E-state index in [0.717, 1.165) is 35.6 Å². The summed E-state index contributed by atoms with van der Waals surface area (Å²) in [5.74, 6) is 3.63. The topological polar surface area (TPSA) is 72.0 Å². The Bertz CT molecular complexity index is 909. The van der Waals surface area contributed by atoms with Gasteiger partial charge in [-0.1, -0.05) is 30.3 Å². The summed E-state index contributed by atoms with van der Waals surface area (Å²) >= 11 is 0. The second kappa shape index (κ2) is 13.7. The van der Waals surface area contributed by atoms with Crippen molar-refractivity contribution < 1.29 is 13.7 Å². The van der Waals surface area contributed by atoms with E-state index < -0.39 is 10.8 Å². The number of fused-ring (bicyclic) bond motifs is 1. The van der Waals surface area contributed by atoms with Gasteiger partial charge in [-0.25, -0.2) is 4.99 Å². The first-order chi connectivity index (χ1) is 15.1. The zero-order valence-electron chi connectivity index (χ0n) is 19.1. The molecule has 176 valence electrons. The van der Waals surface area contributed by atoms with Crippen LogP contribution in [0.3, 0.4) is 0 Å². The number of guanidine groups is 1. The fraction of sp³-hybridized carbons (Fsp3) is 0.458. The van der Waals surface area contributed by atoms with E-state index in [1.54, 1.807) is 0 Å². The number of nitrogens with one attached hydrogen (secondary N) is 2. The molecule has 1 heterocycles. The summed E-state index contributed by atoms with van der Waals surface area (Å²) in [5.41, 5.74) is 3.28. The van der Waals surface area contributed by atoms with Crippen LogP contribution in [0.2, 0.25) is 0 Å². The van der Waals surface area contributed by atoms with Gasteiger partial charge in [0, 0.05) is 52.9 Å². The lowest BCUT2D eigenvalue weighted by Gasteiger charge is -2.14. The van der Waals surface area contributed by atoms with Crippen LogP contribution in [0.4, 0.5) is 0 Å². The monoisotopic (exact) mass is 571 g/mol. The first kappa shape index (κ1) is 26.4. The van der Waals surface area contributed by atoms with Crippen LogP contribution in [-0.4, -0.2) is 41.7 Å². The van der Waals surface area contributed by atoms with E-state index in [1.807, 2.05) is 50.2 Å². The zero-order valence-corrected chi connectivity index (χ0v) is 22.2. The maximum Gasteiger partial charge on any atom is 0.191 e. The van der Waals surface area contributed by atoms with Gasteiger partial charge in [-0.05, 0) is 38.5 Å².